The van der Waals surface area contributed by atoms with Gasteiger partial charge in [-0.1, -0.05) is 0 Å². The molecule has 0 aromatic heterocycles. The number of carboxylic acid groups (broad SMARTS) is 1. The van der Waals surface area contributed by atoms with Crippen LogP contribution in [0.5, 0.6) is 5.75 Å². The van der Waals surface area contributed by atoms with Crippen molar-refractivity contribution in [3.05, 3.63) is 52.8 Å². The summed E-state index contributed by atoms with van der Waals surface area (Å²) >= 11 is 0. The van der Waals surface area contributed by atoms with Gasteiger partial charge in [-0.15, -0.1) is 0 Å². The van der Waals surface area contributed by atoms with Gasteiger partial charge >= 0.3 is 6.18 Å². The Morgan fingerprint density at radius 1 is 0.880 bits per heavy atom. The van der Waals surface area contributed by atoms with E-state index < -0.39 is 63.9 Å². The van der Waals surface area contributed by atoms with Crippen molar-refractivity contribution >= 4 is 6.16 Å². The summed E-state index contributed by atoms with van der Waals surface area (Å²) in [5, 5.41) is 10.4. The van der Waals surface area contributed by atoms with Crippen molar-refractivity contribution in [3.63, 3.8) is 0 Å². The van der Waals surface area contributed by atoms with Crippen LogP contribution in [0.2, 0.25) is 0 Å². The van der Waals surface area contributed by atoms with E-state index in [0.29, 0.717) is 6.07 Å². The van der Waals surface area contributed by atoms with E-state index in [0.717, 1.165) is 0 Å². The summed E-state index contributed by atoms with van der Waals surface area (Å²) in [6.45, 7) is 0. The second-order valence-electron chi connectivity index (χ2n) is 4.51. The van der Waals surface area contributed by atoms with E-state index in [9.17, 15) is 45.0 Å². The maximum Gasteiger partial charge on any atom is 0.416 e. The third-order valence-corrected chi connectivity index (χ3v) is 2.98. The van der Waals surface area contributed by atoms with Crippen LogP contribution in [0, 0.1) is 29.1 Å². The van der Waals surface area contributed by atoms with Gasteiger partial charge in [-0.2, -0.15) is 13.2 Å². The van der Waals surface area contributed by atoms with E-state index in [-0.39, 0.29) is 12.1 Å². The SMILES string of the molecule is O=C([O-])Oc1ccc(C(F)(F)F)cc1-c1c(F)c(F)c(F)c(F)c1F. The van der Waals surface area contributed by atoms with Crippen LogP contribution < -0.4 is 9.84 Å². The highest BCUT2D eigenvalue weighted by molar-refractivity contribution is 5.75. The summed E-state index contributed by atoms with van der Waals surface area (Å²) in [6.07, 6.45) is -7.39. The first kappa shape index (κ1) is 18.5. The smallest absolute Gasteiger partial charge is 0.416 e. The first-order valence-corrected chi connectivity index (χ1v) is 6.07. The lowest BCUT2D eigenvalue weighted by Crippen LogP contribution is -2.26. The van der Waals surface area contributed by atoms with Crippen LogP contribution in [-0.4, -0.2) is 6.16 Å². The first-order chi connectivity index (χ1) is 11.4. The van der Waals surface area contributed by atoms with Gasteiger partial charge in [0.05, 0.1) is 16.9 Å². The average molecular weight is 371 g/mol. The number of alkyl halides is 3. The molecule has 134 valence electrons. The van der Waals surface area contributed by atoms with Crippen LogP contribution in [0.3, 0.4) is 0 Å². The zero-order valence-electron chi connectivity index (χ0n) is 11.5. The van der Waals surface area contributed by atoms with Crippen molar-refractivity contribution < 1.29 is 49.8 Å². The average Bonchev–Trinajstić information content (AvgIpc) is 2.51. The number of carbonyl (C=O) groups excluding carboxylic acids is 1. The normalized spacial score (nSPS) is 11.5. The lowest BCUT2D eigenvalue weighted by Gasteiger charge is -2.18. The van der Waals surface area contributed by atoms with Crippen molar-refractivity contribution in [2.75, 3.05) is 0 Å². The summed E-state index contributed by atoms with van der Waals surface area (Å²) in [7, 11) is 0. The van der Waals surface area contributed by atoms with Gasteiger partial charge in [0.25, 0.3) is 6.16 Å². The highest BCUT2D eigenvalue weighted by Gasteiger charge is 2.33. The highest BCUT2D eigenvalue weighted by atomic mass is 19.4. The Balaban J connectivity index is 2.87. The standard InChI is InChI=1S/C14H4F8O3/c15-8-7(9(16)11(18)12(19)10(8)17)5-3-4(14(20,21)22)1-2-6(5)25-13(23)24/h1-3H,(H,23,24)/p-1. The van der Waals surface area contributed by atoms with Crippen molar-refractivity contribution in [1.29, 1.82) is 0 Å². The van der Waals surface area contributed by atoms with Gasteiger partial charge < -0.3 is 14.6 Å². The Bertz CT molecular complexity index is 831. The van der Waals surface area contributed by atoms with Gasteiger partial charge in [-0.05, 0) is 18.2 Å². The zero-order valence-corrected chi connectivity index (χ0v) is 11.5. The van der Waals surface area contributed by atoms with E-state index >= 15 is 0 Å². The topological polar surface area (TPSA) is 49.4 Å². The quantitative estimate of drug-likeness (QED) is 0.265. The van der Waals surface area contributed by atoms with Gasteiger partial charge in [-0.25, -0.2) is 22.0 Å². The summed E-state index contributed by atoms with van der Waals surface area (Å²) in [5.41, 5.74) is -4.64. The molecule has 0 aliphatic rings. The fourth-order valence-corrected chi connectivity index (χ4v) is 1.92. The molecule has 0 aliphatic heterocycles. The lowest BCUT2D eigenvalue weighted by atomic mass is 9.99. The minimum absolute atomic E-state index is 0.0173. The number of benzene rings is 2. The van der Waals surface area contributed by atoms with Crippen LogP contribution in [-0.2, 0) is 6.18 Å². The van der Waals surface area contributed by atoms with E-state index in [4.69, 9.17) is 0 Å². The Kier molecular flexibility index (Phi) is 4.60. The van der Waals surface area contributed by atoms with Crippen molar-refractivity contribution in [1.82, 2.24) is 0 Å². The van der Waals surface area contributed by atoms with Gasteiger partial charge in [0.2, 0.25) is 5.82 Å². The molecular weight excluding hydrogens is 368 g/mol. The second kappa shape index (κ2) is 6.22. The summed E-state index contributed by atoms with van der Waals surface area (Å²) in [6, 6.07) is 0.608. The van der Waals surface area contributed by atoms with E-state index in [1.807, 2.05) is 0 Å². The summed E-state index contributed by atoms with van der Waals surface area (Å²) in [5.74, 6) is -13.4. The molecule has 0 saturated heterocycles. The number of carbonyl (C=O) groups is 1. The van der Waals surface area contributed by atoms with Crippen LogP contribution in [0.1, 0.15) is 5.56 Å². The molecule has 0 saturated carbocycles. The molecule has 0 unspecified atom stereocenters. The molecule has 25 heavy (non-hydrogen) atoms. The molecule has 0 radical (unpaired) electrons. The number of halogens is 8. The van der Waals surface area contributed by atoms with E-state index in [1.165, 1.54) is 0 Å². The Hall–Kier alpha value is -2.85. The summed E-state index contributed by atoms with van der Waals surface area (Å²) in [4.78, 5) is 10.4. The molecule has 3 nitrogen and oxygen atoms in total. The second-order valence-corrected chi connectivity index (χ2v) is 4.51. The molecule has 0 amide bonds. The van der Waals surface area contributed by atoms with E-state index in [1.54, 1.807) is 0 Å². The fraction of sp³-hybridized carbons (Fsp3) is 0.0714. The van der Waals surface area contributed by atoms with Gasteiger partial charge in [0.15, 0.2) is 23.3 Å². The minimum Gasteiger partial charge on any atom is -0.513 e. The molecule has 2 aromatic carbocycles. The van der Waals surface area contributed by atoms with Crippen LogP contribution >= 0.6 is 0 Å². The third kappa shape index (κ3) is 3.35. The third-order valence-electron chi connectivity index (χ3n) is 2.98. The van der Waals surface area contributed by atoms with Crippen LogP contribution in [0.25, 0.3) is 11.1 Å². The number of rotatable bonds is 2. The monoisotopic (exact) mass is 371 g/mol. The fourth-order valence-electron chi connectivity index (χ4n) is 1.92. The van der Waals surface area contributed by atoms with E-state index in [2.05, 4.69) is 4.74 Å². The number of hydrogen-bond acceptors (Lipinski definition) is 3. The largest absolute Gasteiger partial charge is 0.513 e. The van der Waals surface area contributed by atoms with Gasteiger partial charge in [-0.3, -0.25) is 0 Å². The van der Waals surface area contributed by atoms with Crippen LogP contribution in [0.4, 0.5) is 39.9 Å². The van der Waals surface area contributed by atoms with Crippen LogP contribution in [0.15, 0.2) is 18.2 Å². The summed E-state index contributed by atoms with van der Waals surface area (Å²) < 4.78 is 109. The molecule has 0 fully saturated rings. The molecule has 11 heteroatoms. The molecule has 2 aromatic rings. The molecule has 0 atom stereocenters. The Labute approximate surface area is 133 Å². The molecule has 0 heterocycles. The Morgan fingerprint density at radius 3 is 1.80 bits per heavy atom. The first-order valence-electron chi connectivity index (χ1n) is 6.07. The minimum atomic E-state index is -5.06. The van der Waals surface area contributed by atoms with Crippen molar-refractivity contribution in [3.8, 4) is 16.9 Å². The predicted molar refractivity (Wildman–Crippen MR) is 62.7 cm³/mol. The maximum atomic E-state index is 13.8. The van der Waals surface area contributed by atoms with Gasteiger partial charge in [0.1, 0.15) is 0 Å². The molecule has 0 bridgehead atoms. The molecule has 0 spiro atoms. The zero-order chi connectivity index (χ0) is 19.1. The van der Waals surface area contributed by atoms with Gasteiger partial charge in [0, 0.05) is 5.56 Å². The Morgan fingerprint density at radius 2 is 1.36 bits per heavy atom. The number of hydrogen-bond donors (Lipinski definition) is 0. The maximum absolute atomic E-state index is 13.8. The lowest BCUT2D eigenvalue weighted by molar-refractivity contribution is -0.271. The predicted octanol–water partition coefficient (Wildman–Crippen LogP) is 3.79. The molecule has 2 rings (SSSR count). The van der Waals surface area contributed by atoms with Crippen molar-refractivity contribution in [2.24, 2.45) is 0 Å². The molecule has 0 N–H and O–H groups in total. The molecule has 0 aliphatic carbocycles. The van der Waals surface area contributed by atoms with Crippen molar-refractivity contribution in [2.45, 2.75) is 6.18 Å². The number of ether oxygens (including phenoxy) is 1. The highest BCUT2D eigenvalue weighted by Crippen LogP contribution is 2.40. The molecular formula is C14H3F8O3-.